The first kappa shape index (κ1) is 18.9. The molecule has 1 fully saturated rings. The Hall–Kier alpha value is -0.173. The molecule has 1 aliphatic rings. The van der Waals surface area contributed by atoms with E-state index < -0.39 is 24.0 Å². The van der Waals surface area contributed by atoms with Gasteiger partial charge in [0.15, 0.2) is 8.32 Å². The lowest BCUT2D eigenvalue weighted by atomic mass is 10.2. The highest BCUT2D eigenvalue weighted by Gasteiger charge is 2.55. The van der Waals surface area contributed by atoms with Crippen LogP contribution >= 0.6 is 0 Å². The third kappa shape index (κ3) is 5.19. The van der Waals surface area contributed by atoms with Crippen molar-refractivity contribution in [3.63, 3.8) is 0 Å². The molecule has 1 saturated carbocycles. The Morgan fingerprint density at radius 2 is 1.90 bits per heavy atom. The van der Waals surface area contributed by atoms with E-state index in [1.807, 2.05) is 19.1 Å². The van der Waals surface area contributed by atoms with Crippen LogP contribution in [0.3, 0.4) is 0 Å². The SMILES string of the molecule is C/C=C/[C@@]1(OS(C)(=O)=O)C[C@@H]1CCO[Si](C)(C)C(C)(C)C. The molecule has 0 aromatic heterocycles. The Balaban J connectivity index is 2.55. The van der Waals surface area contributed by atoms with Gasteiger partial charge in [-0.1, -0.05) is 32.9 Å². The minimum absolute atomic E-state index is 0.195. The third-order valence-electron chi connectivity index (χ3n) is 4.59. The van der Waals surface area contributed by atoms with Gasteiger partial charge in [0.25, 0.3) is 10.1 Å². The Morgan fingerprint density at radius 3 is 2.33 bits per heavy atom. The summed E-state index contributed by atoms with van der Waals surface area (Å²) in [5.74, 6) is 0.230. The number of allylic oxidation sites excluding steroid dienone is 1. The zero-order valence-corrected chi connectivity index (χ0v) is 16.2. The Labute approximate surface area is 131 Å². The van der Waals surface area contributed by atoms with Crippen molar-refractivity contribution >= 4 is 18.4 Å². The molecule has 2 atom stereocenters. The second-order valence-corrected chi connectivity index (χ2v) is 13.9. The van der Waals surface area contributed by atoms with Crippen LogP contribution in [0.4, 0.5) is 0 Å². The molecule has 0 N–H and O–H groups in total. The third-order valence-corrected chi connectivity index (χ3v) is 9.74. The summed E-state index contributed by atoms with van der Waals surface area (Å²) in [4.78, 5) is 0. The fraction of sp³-hybridized carbons (Fsp3) is 0.867. The second kappa shape index (κ2) is 6.14. The molecule has 0 heterocycles. The van der Waals surface area contributed by atoms with E-state index >= 15 is 0 Å². The van der Waals surface area contributed by atoms with Gasteiger partial charge in [0.2, 0.25) is 0 Å². The van der Waals surface area contributed by atoms with Gasteiger partial charge >= 0.3 is 0 Å². The minimum atomic E-state index is -3.43. The van der Waals surface area contributed by atoms with Crippen molar-refractivity contribution in [2.75, 3.05) is 12.9 Å². The molecule has 1 aliphatic carbocycles. The van der Waals surface area contributed by atoms with Crippen molar-refractivity contribution < 1.29 is 17.0 Å². The summed E-state index contributed by atoms with van der Waals surface area (Å²) in [7, 11) is -5.17. The normalized spacial score (nSPS) is 27.3. The van der Waals surface area contributed by atoms with Crippen LogP contribution in [0.15, 0.2) is 12.2 Å². The molecule has 0 aromatic rings. The monoisotopic (exact) mass is 334 g/mol. The van der Waals surface area contributed by atoms with Gasteiger partial charge in [0.05, 0.1) is 6.26 Å². The van der Waals surface area contributed by atoms with Gasteiger partial charge in [0.1, 0.15) is 5.60 Å². The lowest BCUT2D eigenvalue weighted by molar-refractivity contribution is 0.202. The molecule has 1 rings (SSSR count). The standard InChI is InChI=1S/C15H30O4SSi/c1-8-10-15(19-20(5,16)17)12-13(15)9-11-18-21(6,7)14(2,3)4/h8,10,13H,9,11-12H2,1-7H3/b10-8+/t13-,15+/m0/s1. The molecule has 6 heteroatoms. The van der Waals surface area contributed by atoms with Crippen LogP contribution in [-0.2, 0) is 18.7 Å². The predicted octanol–water partition coefficient (Wildman–Crippen LogP) is 3.71. The van der Waals surface area contributed by atoms with E-state index in [9.17, 15) is 8.42 Å². The van der Waals surface area contributed by atoms with Crippen LogP contribution in [0.2, 0.25) is 18.1 Å². The summed E-state index contributed by atoms with van der Waals surface area (Å²) in [5.41, 5.74) is -0.626. The van der Waals surface area contributed by atoms with Crippen molar-refractivity contribution in [1.82, 2.24) is 0 Å². The van der Waals surface area contributed by atoms with Crippen LogP contribution in [0.25, 0.3) is 0 Å². The van der Waals surface area contributed by atoms with E-state index in [2.05, 4.69) is 33.9 Å². The fourth-order valence-corrected chi connectivity index (χ4v) is 4.13. The van der Waals surface area contributed by atoms with E-state index in [0.29, 0.717) is 6.61 Å². The molecule has 0 unspecified atom stereocenters. The molecule has 0 aliphatic heterocycles. The maximum Gasteiger partial charge on any atom is 0.265 e. The van der Waals surface area contributed by atoms with Crippen LogP contribution in [0.5, 0.6) is 0 Å². The van der Waals surface area contributed by atoms with Crippen LogP contribution in [0, 0.1) is 5.92 Å². The van der Waals surface area contributed by atoms with Crippen LogP contribution < -0.4 is 0 Å². The van der Waals surface area contributed by atoms with Crippen molar-refractivity contribution in [1.29, 1.82) is 0 Å². The lowest BCUT2D eigenvalue weighted by Gasteiger charge is -2.36. The first-order chi connectivity index (χ1) is 9.33. The maximum atomic E-state index is 11.4. The zero-order valence-electron chi connectivity index (χ0n) is 14.4. The highest BCUT2D eigenvalue weighted by atomic mass is 32.2. The average Bonchev–Trinajstić information content (AvgIpc) is 2.86. The highest BCUT2D eigenvalue weighted by Crippen LogP contribution is 2.51. The Bertz CT molecular complexity index is 490. The lowest BCUT2D eigenvalue weighted by Crippen LogP contribution is -2.41. The number of hydrogen-bond acceptors (Lipinski definition) is 4. The van der Waals surface area contributed by atoms with E-state index in [-0.39, 0.29) is 11.0 Å². The fourth-order valence-electron chi connectivity index (χ4n) is 2.24. The molecule has 4 nitrogen and oxygen atoms in total. The van der Waals surface area contributed by atoms with E-state index in [1.54, 1.807) is 0 Å². The predicted molar refractivity (Wildman–Crippen MR) is 89.3 cm³/mol. The molecule has 0 aromatic carbocycles. The number of rotatable bonds is 7. The smallest absolute Gasteiger partial charge is 0.265 e. The number of hydrogen-bond donors (Lipinski definition) is 0. The van der Waals surface area contributed by atoms with E-state index in [0.717, 1.165) is 19.1 Å². The highest BCUT2D eigenvalue weighted by molar-refractivity contribution is 7.86. The molecule has 0 spiro atoms. The van der Waals surface area contributed by atoms with Gasteiger partial charge in [-0.25, -0.2) is 0 Å². The largest absolute Gasteiger partial charge is 0.417 e. The van der Waals surface area contributed by atoms with Gasteiger partial charge in [0, 0.05) is 6.61 Å². The van der Waals surface area contributed by atoms with E-state index in [4.69, 9.17) is 8.61 Å². The molecule has 0 bridgehead atoms. The molecule has 124 valence electrons. The molecule has 0 saturated heterocycles. The zero-order chi connectivity index (χ0) is 16.5. The molecule has 0 radical (unpaired) electrons. The van der Waals surface area contributed by atoms with Crippen molar-refractivity contribution in [2.24, 2.45) is 5.92 Å². The molecular formula is C15H30O4SSi. The average molecular weight is 335 g/mol. The molecule has 21 heavy (non-hydrogen) atoms. The molecular weight excluding hydrogens is 304 g/mol. The Morgan fingerprint density at radius 1 is 1.33 bits per heavy atom. The van der Waals surface area contributed by atoms with Crippen LogP contribution in [-0.4, -0.2) is 35.2 Å². The summed E-state index contributed by atoms with van der Waals surface area (Å²) in [5, 5.41) is 0.195. The summed E-state index contributed by atoms with van der Waals surface area (Å²) in [6.45, 7) is 13.7. The summed E-state index contributed by atoms with van der Waals surface area (Å²) >= 11 is 0. The van der Waals surface area contributed by atoms with Crippen molar-refractivity contribution in [3.8, 4) is 0 Å². The van der Waals surface area contributed by atoms with Gasteiger partial charge in [-0.15, -0.1) is 0 Å². The van der Waals surface area contributed by atoms with Gasteiger partial charge in [-0.2, -0.15) is 8.42 Å². The van der Waals surface area contributed by atoms with Crippen LogP contribution in [0.1, 0.15) is 40.5 Å². The Kier molecular flexibility index (Phi) is 5.52. The first-order valence-electron chi connectivity index (χ1n) is 7.51. The van der Waals surface area contributed by atoms with Crippen molar-refractivity contribution in [2.45, 2.75) is 64.3 Å². The summed E-state index contributed by atoms with van der Waals surface area (Å²) < 4.78 is 34.2. The van der Waals surface area contributed by atoms with Gasteiger partial charge in [-0.05, 0) is 43.8 Å². The first-order valence-corrected chi connectivity index (χ1v) is 12.2. The van der Waals surface area contributed by atoms with E-state index in [1.165, 1.54) is 0 Å². The summed E-state index contributed by atoms with van der Waals surface area (Å²) in [6.07, 6.45) is 6.43. The topological polar surface area (TPSA) is 52.6 Å². The van der Waals surface area contributed by atoms with Gasteiger partial charge in [-0.3, -0.25) is 4.18 Å². The van der Waals surface area contributed by atoms with Gasteiger partial charge < -0.3 is 4.43 Å². The second-order valence-electron chi connectivity index (χ2n) is 7.54. The molecule has 0 amide bonds. The van der Waals surface area contributed by atoms with Crippen molar-refractivity contribution in [3.05, 3.63) is 12.2 Å². The quantitative estimate of drug-likeness (QED) is 0.404. The summed E-state index contributed by atoms with van der Waals surface area (Å²) in [6, 6.07) is 0. The minimum Gasteiger partial charge on any atom is -0.417 e. The maximum absolute atomic E-state index is 11.4.